The quantitative estimate of drug-likeness (QED) is 0.660. The van der Waals surface area contributed by atoms with Gasteiger partial charge in [-0.05, 0) is 25.3 Å². The maximum atomic E-state index is 10.8. The molecule has 1 aliphatic carbocycles. The van der Waals surface area contributed by atoms with Crippen molar-refractivity contribution >= 4 is 11.4 Å². The Morgan fingerprint density at radius 2 is 2.20 bits per heavy atom. The molecule has 0 aromatic heterocycles. The number of benzene rings is 1. The number of hydrogen-bond acceptors (Lipinski definition) is 5. The SMILES string of the molecule is COc1cc([N+](=O)[O-])ccc1NC1CCN(C2CC2)C1. The number of nitro benzene ring substituents is 1. The zero-order valence-electron chi connectivity index (χ0n) is 11.5. The minimum absolute atomic E-state index is 0.0541. The Hall–Kier alpha value is -1.82. The fraction of sp³-hybridized carbons (Fsp3) is 0.571. The first-order valence-electron chi connectivity index (χ1n) is 7.00. The Morgan fingerprint density at radius 1 is 1.40 bits per heavy atom. The topological polar surface area (TPSA) is 67.6 Å². The third-order valence-electron chi connectivity index (χ3n) is 4.04. The first-order chi connectivity index (χ1) is 9.67. The van der Waals surface area contributed by atoms with Crippen LogP contribution in [0.4, 0.5) is 11.4 Å². The van der Waals surface area contributed by atoms with Crippen LogP contribution in [-0.2, 0) is 0 Å². The van der Waals surface area contributed by atoms with Crippen LogP contribution in [0.25, 0.3) is 0 Å². The molecule has 2 aliphatic rings. The van der Waals surface area contributed by atoms with E-state index in [0.29, 0.717) is 11.8 Å². The molecule has 2 fully saturated rings. The van der Waals surface area contributed by atoms with E-state index in [2.05, 4.69) is 10.2 Å². The molecule has 1 saturated carbocycles. The van der Waals surface area contributed by atoms with Crippen LogP contribution in [0.1, 0.15) is 19.3 Å². The number of likely N-dealkylation sites (tertiary alicyclic amines) is 1. The summed E-state index contributed by atoms with van der Waals surface area (Å²) in [5.74, 6) is 0.532. The Labute approximate surface area is 117 Å². The highest BCUT2D eigenvalue weighted by Crippen LogP contribution is 2.33. The number of rotatable bonds is 5. The maximum Gasteiger partial charge on any atom is 0.273 e. The van der Waals surface area contributed by atoms with Gasteiger partial charge in [0, 0.05) is 31.2 Å². The average molecular weight is 277 g/mol. The number of ether oxygens (including phenoxy) is 1. The standard InChI is InChI=1S/C14H19N3O3/c1-20-14-8-12(17(18)19)4-5-13(14)15-10-6-7-16(9-10)11-2-3-11/h4-5,8,10-11,15H,2-3,6-7,9H2,1H3. The molecule has 1 aromatic carbocycles. The monoisotopic (exact) mass is 277 g/mol. The van der Waals surface area contributed by atoms with Crippen LogP contribution < -0.4 is 10.1 Å². The van der Waals surface area contributed by atoms with Crippen molar-refractivity contribution in [1.82, 2.24) is 4.90 Å². The van der Waals surface area contributed by atoms with Gasteiger partial charge in [-0.25, -0.2) is 0 Å². The predicted molar refractivity (Wildman–Crippen MR) is 76.3 cm³/mol. The molecule has 108 valence electrons. The Bertz CT molecular complexity index is 516. The number of anilines is 1. The van der Waals surface area contributed by atoms with E-state index in [-0.39, 0.29) is 5.69 Å². The van der Waals surface area contributed by atoms with E-state index < -0.39 is 4.92 Å². The number of nitrogens with zero attached hydrogens (tertiary/aromatic N) is 2. The second-order valence-electron chi connectivity index (χ2n) is 5.50. The van der Waals surface area contributed by atoms with E-state index >= 15 is 0 Å². The summed E-state index contributed by atoms with van der Waals surface area (Å²) < 4.78 is 5.25. The molecular weight excluding hydrogens is 258 g/mol. The first kappa shape index (κ1) is 13.2. The highest BCUT2D eigenvalue weighted by atomic mass is 16.6. The molecule has 0 radical (unpaired) electrons. The summed E-state index contributed by atoms with van der Waals surface area (Å²) in [5, 5.41) is 14.2. The number of hydrogen-bond donors (Lipinski definition) is 1. The van der Waals surface area contributed by atoms with Crippen molar-refractivity contribution in [3.05, 3.63) is 28.3 Å². The van der Waals surface area contributed by atoms with Crippen molar-refractivity contribution in [3.8, 4) is 5.75 Å². The third kappa shape index (κ3) is 2.70. The Balaban J connectivity index is 1.68. The van der Waals surface area contributed by atoms with Gasteiger partial charge in [-0.1, -0.05) is 0 Å². The third-order valence-corrected chi connectivity index (χ3v) is 4.04. The molecular formula is C14H19N3O3. The summed E-state index contributed by atoms with van der Waals surface area (Å²) >= 11 is 0. The first-order valence-corrected chi connectivity index (χ1v) is 7.00. The van der Waals surface area contributed by atoms with E-state index in [9.17, 15) is 10.1 Å². The molecule has 1 aliphatic heterocycles. The van der Waals surface area contributed by atoms with Crippen LogP contribution in [0.5, 0.6) is 5.75 Å². The Morgan fingerprint density at radius 3 is 2.85 bits per heavy atom. The number of non-ortho nitro benzene ring substituents is 1. The van der Waals surface area contributed by atoms with Gasteiger partial charge in [0.05, 0.1) is 23.8 Å². The van der Waals surface area contributed by atoms with Gasteiger partial charge < -0.3 is 10.1 Å². The van der Waals surface area contributed by atoms with Crippen molar-refractivity contribution < 1.29 is 9.66 Å². The Kier molecular flexibility index (Phi) is 3.48. The minimum atomic E-state index is -0.406. The van der Waals surface area contributed by atoms with Crippen LogP contribution in [0.2, 0.25) is 0 Å². The zero-order valence-corrected chi connectivity index (χ0v) is 11.5. The van der Waals surface area contributed by atoms with E-state index in [4.69, 9.17) is 4.74 Å². The van der Waals surface area contributed by atoms with Crippen LogP contribution in [0.15, 0.2) is 18.2 Å². The van der Waals surface area contributed by atoms with Gasteiger partial charge >= 0.3 is 0 Å². The highest BCUT2D eigenvalue weighted by molar-refractivity contribution is 5.61. The largest absolute Gasteiger partial charge is 0.494 e. The maximum absolute atomic E-state index is 10.8. The van der Waals surface area contributed by atoms with Crippen molar-refractivity contribution in [2.45, 2.75) is 31.3 Å². The van der Waals surface area contributed by atoms with E-state index in [1.165, 1.54) is 32.1 Å². The minimum Gasteiger partial charge on any atom is -0.494 e. The summed E-state index contributed by atoms with van der Waals surface area (Å²) in [4.78, 5) is 12.9. The molecule has 0 amide bonds. The number of methoxy groups -OCH3 is 1. The molecule has 0 spiro atoms. The number of nitrogens with one attached hydrogen (secondary N) is 1. The van der Waals surface area contributed by atoms with Crippen molar-refractivity contribution in [3.63, 3.8) is 0 Å². The average Bonchev–Trinajstić information content (AvgIpc) is 3.19. The molecule has 1 atom stereocenters. The van der Waals surface area contributed by atoms with Gasteiger partial charge in [0.15, 0.2) is 0 Å². The van der Waals surface area contributed by atoms with Gasteiger partial charge in [-0.3, -0.25) is 15.0 Å². The summed E-state index contributed by atoms with van der Waals surface area (Å²) in [6, 6.07) is 5.90. The molecule has 1 heterocycles. The van der Waals surface area contributed by atoms with E-state index in [1.54, 1.807) is 6.07 Å². The van der Waals surface area contributed by atoms with Crippen LogP contribution >= 0.6 is 0 Å². The summed E-state index contributed by atoms with van der Waals surface area (Å²) in [7, 11) is 1.54. The van der Waals surface area contributed by atoms with Gasteiger partial charge in [0.1, 0.15) is 5.75 Å². The predicted octanol–water partition coefficient (Wildman–Crippen LogP) is 2.25. The second-order valence-corrected chi connectivity index (χ2v) is 5.50. The van der Waals surface area contributed by atoms with Crippen LogP contribution in [0.3, 0.4) is 0 Å². The lowest BCUT2D eigenvalue weighted by Crippen LogP contribution is -2.27. The van der Waals surface area contributed by atoms with Gasteiger partial charge in [0.25, 0.3) is 5.69 Å². The van der Waals surface area contributed by atoms with Crippen molar-refractivity contribution in [2.75, 3.05) is 25.5 Å². The molecule has 3 rings (SSSR count). The molecule has 1 aromatic rings. The van der Waals surface area contributed by atoms with Gasteiger partial charge in [0.2, 0.25) is 0 Å². The second kappa shape index (κ2) is 5.28. The lowest BCUT2D eigenvalue weighted by Gasteiger charge is -2.18. The van der Waals surface area contributed by atoms with Crippen LogP contribution in [0, 0.1) is 10.1 Å². The zero-order chi connectivity index (χ0) is 14.1. The normalized spacial score (nSPS) is 22.8. The summed E-state index contributed by atoms with van der Waals surface area (Å²) in [5.41, 5.74) is 0.888. The van der Waals surface area contributed by atoms with Crippen molar-refractivity contribution in [2.24, 2.45) is 0 Å². The highest BCUT2D eigenvalue weighted by Gasteiger charge is 2.34. The fourth-order valence-corrected chi connectivity index (χ4v) is 2.81. The molecule has 1 saturated heterocycles. The van der Waals surface area contributed by atoms with Gasteiger partial charge in [-0.2, -0.15) is 0 Å². The van der Waals surface area contributed by atoms with Crippen LogP contribution in [-0.4, -0.2) is 42.1 Å². The molecule has 6 nitrogen and oxygen atoms in total. The molecule has 1 N–H and O–H groups in total. The molecule has 1 unspecified atom stereocenters. The van der Waals surface area contributed by atoms with E-state index in [0.717, 1.165) is 31.2 Å². The lowest BCUT2D eigenvalue weighted by molar-refractivity contribution is -0.384. The molecule has 0 bridgehead atoms. The summed E-state index contributed by atoms with van der Waals surface area (Å²) in [6.07, 6.45) is 3.76. The fourth-order valence-electron chi connectivity index (χ4n) is 2.81. The lowest BCUT2D eigenvalue weighted by atomic mass is 10.2. The van der Waals surface area contributed by atoms with E-state index in [1.807, 2.05) is 0 Å². The molecule has 20 heavy (non-hydrogen) atoms. The number of nitro groups is 1. The molecule has 6 heteroatoms. The smallest absolute Gasteiger partial charge is 0.273 e. The van der Waals surface area contributed by atoms with Gasteiger partial charge in [-0.15, -0.1) is 0 Å². The summed E-state index contributed by atoms with van der Waals surface area (Å²) in [6.45, 7) is 2.18. The van der Waals surface area contributed by atoms with Crippen molar-refractivity contribution in [1.29, 1.82) is 0 Å².